The Morgan fingerprint density at radius 2 is 2.11 bits per heavy atom. The maximum Gasteiger partial charge on any atom is 0.322 e. The Morgan fingerprint density at radius 1 is 1.50 bits per heavy atom. The summed E-state index contributed by atoms with van der Waals surface area (Å²) in [7, 11) is 0. The van der Waals surface area contributed by atoms with Crippen molar-refractivity contribution in [1.29, 1.82) is 0 Å². The van der Waals surface area contributed by atoms with Crippen molar-refractivity contribution in [2.24, 2.45) is 0 Å². The van der Waals surface area contributed by atoms with Gasteiger partial charge in [0, 0.05) is 18.0 Å². The number of hydrogen-bond donors (Lipinski definition) is 1. The monoisotopic (exact) mass is 269 g/mol. The summed E-state index contributed by atoms with van der Waals surface area (Å²) in [5.41, 5.74) is 1.03. The molecule has 2 amide bonds. The molecule has 102 valence electrons. The summed E-state index contributed by atoms with van der Waals surface area (Å²) in [5.74, 6) is 0. The first kappa shape index (κ1) is 15.0. The summed E-state index contributed by atoms with van der Waals surface area (Å²) in [6.07, 6.45) is 0. The van der Waals surface area contributed by atoms with Crippen LogP contribution in [0.3, 0.4) is 0 Å². The standard InChI is InChI=1S/C13H23N3OS/c1-7-16(9(2)3)12(17)14-11-8-10(15-18-11)13(4,5)6/h8-9H,7H2,1-6H3,(H,14,17). The van der Waals surface area contributed by atoms with E-state index < -0.39 is 0 Å². The number of aromatic nitrogens is 1. The summed E-state index contributed by atoms with van der Waals surface area (Å²) < 4.78 is 4.38. The van der Waals surface area contributed by atoms with Crippen LogP contribution in [0.25, 0.3) is 0 Å². The van der Waals surface area contributed by atoms with Gasteiger partial charge in [0.15, 0.2) is 0 Å². The van der Waals surface area contributed by atoms with Crippen LogP contribution in [0, 0.1) is 0 Å². The Labute approximate surface area is 114 Å². The summed E-state index contributed by atoms with van der Waals surface area (Å²) >= 11 is 1.34. The van der Waals surface area contributed by atoms with Gasteiger partial charge in [-0.15, -0.1) is 0 Å². The second-order valence-corrected chi connectivity index (χ2v) is 6.44. The topological polar surface area (TPSA) is 45.2 Å². The fourth-order valence-electron chi connectivity index (χ4n) is 1.61. The molecule has 1 rings (SSSR count). The molecule has 0 radical (unpaired) electrons. The molecule has 0 unspecified atom stereocenters. The average Bonchev–Trinajstić information content (AvgIpc) is 2.65. The summed E-state index contributed by atoms with van der Waals surface area (Å²) in [5, 5.41) is 3.72. The molecule has 1 aromatic rings. The van der Waals surface area contributed by atoms with Crippen LogP contribution in [-0.4, -0.2) is 27.9 Å². The van der Waals surface area contributed by atoms with Crippen LogP contribution in [0.1, 0.15) is 47.2 Å². The normalized spacial score (nSPS) is 11.7. The molecule has 1 aromatic heterocycles. The number of nitrogens with one attached hydrogen (secondary N) is 1. The Kier molecular flexibility index (Phi) is 4.73. The van der Waals surface area contributed by atoms with Crippen LogP contribution in [0.4, 0.5) is 9.80 Å². The van der Waals surface area contributed by atoms with E-state index in [4.69, 9.17) is 0 Å². The molecule has 1 heterocycles. The van der Waals surface area contributed by atoms with E-state index in [1.807, 2.05) is 26.8 Å². The molecule has 0 saturated carbocycles. The predicted molar refractivity (Wildman–Crippen MR) is 77.3 cm³/mol. The second-order valence-electron chi connectivity index (χ2n) is 5.64. The number of amides is 2. The lowest BCUT2D eigenvalue weighted by Crippen LogP contribution is -2.39. The largest absolute Gasteiger partial charge is 0.322 e. The van der Waals surface area contributed by atoms with Crippen LogP contribution < -0.4 is 5.32 Å². The smallest absolute Gasteiger partial charge is 0.322 e. The van der Waals surface area contributed by atoms with Gasteiger partial charge < -0.3 is 4.90 Å². The van der Waals surface area contributed by atoms with E-state index in [1.54, 1.807) is 4.90 Å². The lowest BCUT2D eigenvalue weighted by molar-refractivity contribution is 0.201. The molecule has 1 N–H and O–H groups in total. The van der Waals surface area contributed by atoms with Crippen molar-refractivity contribution < 1.29 is 4.79 Å². The van der Waals surface area contributed by atoms with E-state index >= 15 is 0 Å². The molecule has 0 aromatic carbocycles. The van der Waals surface area contributed by atoms with E-state index in [0.29, 0.717) is 6.54 Å². The van der Waals surface area contributed by atoms with Crippen molar-refractivity contribution in [1.82, 2.24) is 9.27 Å². The fourth-order valence-corrected chi connectivity index (χ4v) is 2.43. The molecular formula is C13H23N3OS. The Morgan fingerprint density at radius 3 is 2.50 bits per heavy atom. The van der Waals surface area contributed by atoms with E-state index in [1.165, 1.54) is 11.5 Å². The van der Waals surface area contributed by atoms with Gasteiger partial charge in [-0.3, -0.25) is 5.32 Å². The molecule has 18 heavy (non-hydrogen) atoms. The van der Waals surface area contributed by atoms with E-state index in [9.17, 15) is 4.79 Å². The van der Waals surface area contributed by atoms with Crippen molar-refractivity contribution in [2.45, 2.75) is 53.0 Å². The third-order valence-corrected chi connectivity index (χ3v) is 3.44. The van der Waals surface area contributed by atoms with Gasteiger partial charge in [0.2, 0.25) is 0 Å². The van der Waals surface area contributed by atoms with Crippen LogP contribution in [0.2, 0.25) is 0 Å². The fraction of sp³-hybridized carbons (Fsp3) is 0.692. The maximum absolute atomic E-state index is 12.0. The Balaban J connectivity index is 2.74. The highest BCUT2D eigenvalue weighted by Crippen LogP contribution is 2.27. The first-order valence-corrected chi connectivity index (χ1v) is 7.08. The number of carbonyl (C=O) groups is 1. The molecule has 0 saturated heterocycles. The van der Waals surface area contributed by atoms with Crippen molar-refractivity contribution in [3.8, 4) is 0 Å². The zero-order chi connectivity index (χ0) is 13.9. The molecule has 0 bridgehead atoms. The zero-order valence-electron chi connectivity index (χ0n) is 12.1. The van der Waals surface area contributed by atoms with Crippen LogP contribution in [0.15, 0.2) is 6.07 Å². The molecule has 4 nitrogen and oxygen atoms in total. The van der Waals surface area contributed by atoms with E-state index in [-0.39, 0.29) is 17.5 Å². The number of hydrogen-bond acceptors (Lipinski definition) is 3. The molecule has 0 spiro atoms. The van der Waals surface area contributed by atoms with E-state index in [0.717, 1.165) is 10.7 Å². The third kappa shape index (κ3) is 3.70. The number of rotatable bonds is 3. The van der Waals surface area contributed by atoms with Crippen molar-refractivity contribution >= 4 is 22.6 Å². The van der Waals surface area contributed by atoms with Gasteiger partial charge in [0.25, 0.3) is 0 Å². The van der Waals surface area contributed by atoms with Gasteiger partial charge in [-0.1, -0.05) is 20.8 Å². The highest BCUT2D eigenvalue weighted by Gasteiger charge is 2.20. The highest BCUT2D eigenvalue weighted by molar-refractivity contribution is 7.10. The molecule has 5 heteroatoms. The van der Waals surface area contributed by atoms with Gasteiger partial charge in [-0.05, 0) is 38.4 Å². The third-order valence-electron chi connectivity index (χ3n) is 2.73. The predicted octanol–water partition coefficient (Wildman–Crippen LogP) is 3.70. The van der Waals surface area contributed by atoms with Gasteiger partial charge in [0.1, 0.15) is 5.00 Å². The summed E-state index contributed by atoms with van der Waals surface area (Å²) in [6, 6.07) is 2.10. The Hall–Kier alpha value is -1.10. The second kappa shape index (κ2) is 5.69. The van der Waals surface area contributed by atoms with Gasteiger partial charge in [0.05, 0.1) is 5.69 Å². The lowest BCUT2D eigenvalue weighted by atomic mass is 9.92. The highest BCUT2D eigenvalue weighted by atomic mass is 32.1. The molecule has 0 atom stereocenters. The number of anilines is 1. The minimum Gasteiger partial charge on any atom is -0.322 e. The van der Waals surface area contributed by atoms with Crippen molar-refractivity contribution in [3.05, 3.63) is 11.8 Å². The number of urea groups is 1. The maximum atomic E-state index is 12.0. The lowest BCUT2D eigenvalue weighted by Gasteiger charge is -2.24. The Bertz CT molecular complexity index is 407. The first-order chi connectivity index (χ1) is 8.25. The number of carbonyl (C=O) groups excluding carboxylic acids is 1. The zero-order valence-corrected chi connectivity index (χ0v) is 12.9. The SMILES string of the molecule is CCN(C(=O)Nc1cc(C(C)(C)C)ns1)C(C)C. The molecule has 0 aliphatic rings. The molecule has 0 aliphatic heterocycles. The van der Waals surface area contributed by atoms with E-state index in [2.05, 4.69) is 30.5 Å². The molecule has 0 fully saturated rings. The first-order valence-electron chi connectivity index (χ1n) is 6.30. The minimum atomic E-state index is -0.0587. The van der Waals surface area contributed by atoms with Crippen molar-refractivity contribution in [2.75, 3.05) is 11.9 Å². The van der Waals surface area contributed by atoms with Crippen molar-refractivity contribution in [3.63, 3.8) is 0 Å². The van der Waals surface area contributed by atoms with Crippen LogP contribution in [0.5, 0.6) is 0 Å². The average molecular weight is 269 g/mol. The quantitative estimate of drug-likeness (QED) is 0.909. The molecule has 0 aliphatic carbocycles. The summed E-state index contributed by atoms with van der Waals surface area (Å²) in [4.78, 5) is 13.8. The van der Waals surface area contributed by atoms with Gasteiger partial charge >= 0.3 is 6.03 Å². The number of nitrogens with zero attached hydrogens (tertiary/aromatic N) is 2. The van der Waals surface area contributed by atoms with Crippen LogP contribution in [-0.2, 0) is 5.41 Å². The minimum absolute atomic E-state index is 0.0158. The van der Waals surface area contributed by atoms with Gasteiger partial charge in [-0.25, -0.2) is 4.79 Å². The van der Waals surface area contributed by atoms with Gasteiger partial charge in [-0.2, -0.15) is 4.37 Å². The van der Waals surface area contributed by atoms with Crippen LogP contribution >= 0.6 is 11.5 Å². The summed E-state index contributed by atoms with van der Waals surface area (Å²) in [6.45, 7) is 13.0. The molecular weight excluding hydrogens is 246 g/mol.